The lowest BCUT2D eigenvalue weighted by Gasteiger charge is -2.21. The summed E-state index contributed by atoms with van der Waals surface area (Å²) in [6.07, 6.45) is 0.668. The fourth-order valence-corrected chi connectivity index (χ4v) is 1.99. The molecule has 0 unspecified atom stereocenters. The fourth-order valence-electron chi connectivity index (χ4n) is 1.78. The lowest BCUT2D eigenvalue weighted by atomic mass is 10.2. The maximum atomic E-state index is 11.9. The normalized spacial score (nSPS) is 10.2. The summed E-state index contributed by atoms with van der Waals surface area (Å²) in [5, 5.41) is 9.19. The van der Waals surface area contributed by atoms with E-state index in [1.807, 2.05) is 25.1 Å². The van der Waals surface area contributed by atoms with Gasteiger partial charge in [-0.05, 0) is 31.0 Å². The van der Waals surface area contributed by atoms with Crippen LogP contribution in [0.3, 0.4) is 0 Å². The van der Waals surface area contributed by atoms with Gasteiger partial charge in [0.25, 0.3) is 0 Å². The molecular formula is C14H18ClNO3. The second-order valence-corrected chi connectivity index (χ2v) is 4.72. The third-order valence-corrected chi connectivity index (χ3v) is 3.01. The van der Waals surface area contributed by atoms with E-state index in [-0.39, 0.29) is 18.7 Å². The number of amides is 1. The van der Waals surface area contributed by atoms with Gasteiger partial charge in [0.1, 0.15) is 0 Å². The molecule has 104 valence electrons. The standard InChI is InChI=1S/C14H18ClNO3/c1-2-16(13(17)7-4-8-14(18)19)10-11-5-3-6-12(15)9-11/h3,5-6,9H,2,4,7-8,10H2,1H3,(H,18,19). The molecule has 0 heterocycles. The number of benzene rings is 1. The predicted molar refractivity (Wildman–Crippen MR) is 74.0 cm³/mol. The second-order valence-electron chi connectivity index (χ2n) is 4.29. The van der Waals surface area contributed by atoms with Crippen molar-refractivity contribution in [1.29, 1.82) is 0 Å². The SMILES string of the molecule is CCN(Cc1cccc(Cl)c1)C(=O)CCCC(=O)O. The molecule has 19 heavy (non-hydrogen) atoms. The van der Waals surface area contributed by atoms with Crippen LogP contribution in [0, 0.1) is 0 Å². The van der Waals surface area contributed by atoms with E-state index in [1.54, 1.807) is 11.0 Å². The second kappa shape index (κ2) is 7.79. The molecule has 0 fully saturated rings. The molecule has 0 saturated heterocycles. The number of carboxylic acid groups (broad SMARTS) is 1. The maximum absolute atomic E-state index is 11.9. The van der Waals surface area contributed by atoms with Crippen LogP contribution in [0.15, 0.2) is 24.3 Å². The van der Waals surface area contributed by atoms with Crippen molar-refractivity contribution in [2.75, 3.05) is 6.54 Å². The summed E-state index contributed by atoms with van der Waals surface area (Å²) in [7, 11) is 0. The number of carbonyl (C=O) groups excluding carboxylic acids is 1. The van der Waals surface area contributed by atoms with Crippen molar-refractivity contribution < 1.29 is 14.7 Å². The first-order valence-electron chi connectivity index (χ1n) is 6.27. The van der Waals surface area contributed by atoms with E-state index in [2.05, 4.69) is 0 Å². The topological polar surface area (TPSA) is 57.6 Å². The lowest BCUT2D eigenvalue weighted by Crippen LogP contribution is -2.30. The molecule has 0 atom stereocenters. The van der Waals surface area contributed by atoms with E-state index >= 15 is 0 Å². The Balaban J connectivity index is 2.52. The van der Waals surface area contributed by atoms with Crippen LogP contribution in [0.2, 0.25) is 5.02 Å². The lowest BCUT2D eigenvalue weighted by molar-refractivity contribution is -0.137. The molecule has 1 amide bonds. The summed E-state index contributed by atoms with van der Waals surface area (Å²) < 4.78 is 0. The Morgan fingerprint density at radius 3 is 2.63 bits per heavy atom. The van der Waals surface area contributed by atoms with Gasteiger partial charge in [-0.3, -0.25) is 9.59 Å². The first-order chi connectivity index (χ1) is 9.02. The number of hydrogen-bond acceptors (Lipinski definition) is 2. The molecule has 0 aliphatic carbocycles. The molecule has 0 saturated carbocycles. The van der Waals surface area contributed by atoms with Crippen LogP contribution < -0.4 is 0 Å². The molecule has 0 radical (unpaired) electrons. The summed E-state index contributed by atoms with van der Waals surface area (Å²) in [5.74, 6) is -0.894. The Hall–Kier alpha value is -1.55. The van der Waals surface area contributed by atoms with E-state index in [9.17, 15) is 9.59 Å². The van der Waals surface area contributed by atoms with E-state index in [0.717, 1.165) is 5.56 Å². The minimum atomic E-state index is -0.870. The highest BCUT2D eigenvalue weighted by atomic mass is 35.5. The van der Waals surface area contributed by atoms with Crippen LogP contribution in [0.25, 0.3) is 0 Å². The quantitative estimate of drug-likeness (QED) is 0.837. The van der Waals surface area contributed by atoms with Crippen molar-refractivity contribution in [1.82, 2.24) is 4.90 Å². The number of hydrogen-bond donors (Lipinski definition) is 1. The van der Waals surface area contributed by atoms with Gasteiger partial charge in [0.15, 0.2) is 0 Å². The zero-order valence-corrected chi connectivity index (χ0v) is 11.7. The number of carbonyl (C=O) groups is 2. The fraction of sp³-hybridized carbons (Fsp3) is 0.429. The molecule has 0 aliphatic rings. The van der Waals surface area contributed by atoms with E-state index in [1.165, 1.54) is 0 Å². The van der Waals surface area contributed by atoms with Crippen LogP contribution in [0.1, 0.15) is 31.7 Å². The highest BCUT2D eigenvalue weighted by Gasteiger charge is 2.12. The highest BCUT2D eigenvalue weighted by molar-refractivity contribution is 6.30. The molecular weight excluding hydrogens is 266 g/mol. The van der Waals surface area contributed by atoms with Gasteiger partial charge in [0, 0.05) is 31.0 Å². The number of carboxylic acids is 1. The minimum Gasteiger partial charge on any atom is -0.481 e. The summed E-state index contributed by atoms with van der Waals surface area (Å²) >= 11 is 5.90. The van der Waals surface area contributed by atoms with E-state index < -0.39 is 5.97 Å². The highest BCUT2D eigenvalue weighted by Crippen LogP contribution is 2.13. The zero-order valence-electron chi connectivity index (χ0n) is 10.9. The molecule has 4 nitrogen and oxygen atoms in total. The first-order valence-corrected chi connectivity index (χ1v) is 6.64. The maximum Gasteiger partial charge on any atom is 0.303 e. The number of nitrogens with zero attached hydrogens (tertiary/aromatic N) is 1. The van der Waals surface area contributed by atoms with Gasteiger partial charge < -0.3 is 10.0 Å². The summed E-state index contributed by atoms with van der Waals surface area (Å²) in [5.41, 5.74) is 0.973. The van der Waals surface area contributed by atoms with Gasteiger partial charge in [-0.1, -0.05) is 23.7 Å². The Morgan fingerprint density at radius 1 is 1.32 bits per heavy atom. The van der Waals surface area contributed by atoms with Gasteiger partial charge in [-0.25, -0.2) is 0 Å². The molecule has 1 aromatic rings. The largest absolute Gasteiger partial charge is 0.481 e. The summed E-state index contributed by atoms with van der Waals surface area (Å²) in [4.78, 5) is 24.1. The van der Waals surface area contributed by atoms with Gasteiger partial charge in [-0.15, -0.1) is 0 Å². The van der Waals surface area contributed by atoms with Crippen LogP contribution >= 0.6 is 11.6 Å². The molecule has 1 rings (SSSR count). The van der Waals surface area contributed by atoms with Gasteiger partial charge in [-0.2, -0.15) is 0 Å². The van der Waals surface area contributed by atoms with Crippen molar-refractivity contribution in [2.24, 2.45) is 0 Å². The molecule has 1 N–H and O–H groups in total. The number of halogens is 1. The van der Waals surface area contributed by atoms with Crippen molar-refractivity contribution in [3.63, 3.8) is 0 Å². The van der Waals surface area contributed by atoms with Crippen LogP contribution in [-0.2, 0) is 16.1 Å². The molecule has 0 aromatic heterocycles. The molecule has 0 aliphatic heterocycles. The van der Waals surface area contributed by atoms with Crippen LogP contribution in [-0.4, -0.2) is 28.4 Å². The zero-order chi connectivity index (χ0) is 14.3. The summed E-state index contributed by atoms with van der Waals surface area (Å²) in [6, 6.07) is 7.38. The molecule has 0 bridgehead atoms. The Bertz CT molecular complexity index is 448. The van der Waals surface area contributed by atoms with Crippen LogP contribution in [0.5, 0.6) is 0 Å². The van der Waals surface area contributed by atoms with Crippen molar-refractivity contribution in [3.8, 4) is 0 Å². The third kappa shape index (κ3) is 5.75. The Labute approximate surface area is 118 Å². The van der Waals surface area contributed by atoms with Crippen molar-refractivity contribution >= 4 is 23.5 Å². The van der Waals surface area contributed by atoms with E-state index in [0.29, 0.717) is 24.5 Å². The van der Waals surface area contributed by atoms with E-state index in [4.69, 9.17) is 16.7 Å². The first kappa shape index (κ1) is 15.5. The number of aliphatic carboxylic acids is 1. The predicted octanol–water partition coefficient (Wildman–Crippen LogP) is 2.94. The average molecular weight is 284 g/mol. The smallest absolute Gasteiger partial charge is 0.303 e. The summed E-state index contributed by atoms with van der Waals surface area (Å²) in [6.45, 7) is 3.00. The van der Waals surface area contributed by atoms with Gasteiger partial charge in [0.05, 0.1) is 0 Å². The monoisotopic (exact) mass is 283 g/mol. The van der Waals surface area contributed by atoms with Gasteiger partial charge in [0.2, 0.25) is 5.91 Å². The van der Waals surface area contributed by atoms with Crippen LogP contribution in [0.4, 0.5) is 0 Å². The minimum absolute atomic E-state index is 0.0243. The van der Waals surface area contributed by atoms with Crippen molar-refractivity contribution in [2.45, 2.75) is 32.7 Å². The Kier molecular flexibility index (Phi) is 6.36. The van der Waals surface area contributed by atoms with Gasteiger partial charge >= 0.3 is 5.97 Å². The molecule has 5 heteroatoms. The molecule has 0 spiro atoms. The Morgan fingerprint density at radius 2 is 2.05 bits per heavy atom. The third-order valence-electron chi connectivity index (χ3n) is 2.78. The number of rotatable bonds is 7. The van der Waals surface area contributed by atoms with Crippen molar-refractivity contribution in [3.05, 3.63) is 34.9 Å². The average Bonchev–Trinajstić information content (AvgIpc) is 2.35. The molecule has 1 aromatic carbocycles.